The molecule has 0 aliphatic heterocycles. The second-order valence-electron chi connectivity index (χ2n) is 2.27. The molecule has 0 saturated carbocycles. The van der Waals surface area contributed by atoms with Crippen LogP contribution in [0.5, 0.6) is 0 Å². The van der Waals surface area contributed by atoms with Crippen molar-refractivity contribution >= 4 is 25.3 Å². The van der Waals surface area contributed by atoms with Crippen molar-refractivity contribution in [2.75, 3.05) is 12.3 Å². The first-order valence-corrected chi connectivity index (χ1v) is 8.27. The summed E-state index contributed by atoms with van der Waals surface area (Å²) in [5.74, 6) is 0.0991. The van der Waals surface area contributed by atoms with Crippen molar-refractivity contribution in [2.45, 2.75) is 0 Å². The highest BCUT2D eigenvalue weighted by Crippen LogP contribution is 2.52. The molecule has 0 N–H and O–H groups in total. The Bertz CT molecular complexity index is 302. The first-order chi connectivity index (χ1) is 7.84. The molecule has 0 aromatic carbocycles. The molecule has 0 rings (SSSR count). The summed E-state index contributed by atoms with van der Waals surface area (Å²) in [6.45, 7) is 0. The third-order valence-electron chi connectivity index (χ3n) is 1.06. The Morgan fingerprint density at radius 3 is 2.00 bits per heavy atom. The SMILES string of the molecule is FC(F)=C(F)OCPCP(P)OC(F)=C(F)F. The molecular formula is C6H7F6O2P3. The quantitative estimate of drug-likeness (QED) is 0.288. The van der Waals surface area contributed by atoms with E-state index in [9.17, 15) is 26.3 Å². The maximum absolute atomic E-state index is 12.2. The first-order valence-electron chi connectivity index (χ1n) is 3.79. The van der Waals surface area contributed by atoms with E-state index in [4.69, 9.17) is 0 Å². The maximum Gasteiger partial charge on any atom is 0.342 e. The van der Waals surface area contributed by atoms with E-state index in [1.54, 1.807) is 0 Å². The van der Waals surface area contributed by atoms with Crippen LogP contribution in [0.3, 0.4) is 0 Å². The van der Waals surface area contributed by atoms with Gasteiger partial charge in [0.15, 0.2) is 0 Å². The van der Waals surface area contributed by atoms with E-state index in [2.05, 4.69) is 9.26 Å². The highest BCUT2D eigenvalue weighted by atomic mass is 32.0. The summed E-state index contributed by atoms with van der Waals surface area (Å²) in [6, 6.07) is -3.95. The predicted molar refractivity (Wildman–Crippen MR) is 57.5 cm³/mol. The van der Waals surface area contributed by atoms with E-state index in [-0.39, 0.29) is 20.8 Å². The van der Waals surface area contributed by atoms with Gasteiger partial charge in [-0.1, -0.05) is 17.5 Å². The van der Waals surface area contributed by atoms with Gasteiger partial charge in [0.1, 0.15) is 14.2 Å². The molecular weight excluding hydrogens is 311 g/mol. The zero-order valence-electron chi connectivity index (χ0n) is 8.02. The molecule has 0 amide bonds. The van der Waals surface area contributed by atoms with Gasteiger partial charge in [0.05, 0.1) is 0 Å². The van der Waals surface area contributed by atoms with Crippen molar-refractivity contribution in [3.63, 3.8) is 0 Å². The molecule has 0 spiro atoms. The van der Waals surface area contributed by atoms with Gasteiger partial charge in [-0.2, -0.15) is 26.3 Å². The highest BCUT2D eigenvalue weighted by molar-refractivity contribution is 8.13. The summed E-state index contributed by atoms with van der Waals surface area (Å²) in [5, 5.41) is 0. The molecule has 0 bridgehead atoms. The predicted octanol–water partition coefficient (Wildman–Crippen LogP) is 4.87. The van der Waals surface area contributed by atoms with Crippen LogP contribution in [0.2, 0.25) is 0 Å². The summed E-state index contributed by atoms with van der Waals surface area (Å²) < 4.78 is 78.6. The number of rotatable bonds is 7. The van der Waals surface area contributed by atoms with Crippen LogP contribution in [0.15, 0.2) is 24.2 Å². The van der Waals surface area contributed by atoms with Gasteiger partial charge in [-0.05, 0) is 0 Å². The van der Waals surface area contributed by atoms with Crippen LogP contribution >= 0.6 is 25.3 Å². The summed E-state index contributed by atoms with van der Waals surface area (Å²) in [7, 11) is 0.215. The average molecular weight is 318 g/mol. The van der Waals surface area contributed by atoms with Gasteiger partial charge in [-0.15, -0.1) is 0 Å². The second-order valence-corrected chi connectivity index (χ2v) is 7.07. The molecule has 0 aromatic heterocycles. The van der Waals surface area contributed by atoms with Crippen molar-refractivity contribution in [3.8, 4) is 0 Å². The van der Waals surface area contributed by atoms with Crippen LogP contribution in [0.25, 0.3) is 0 Å². The maximum atomic E-state index is 12.2. The Morgan fingerprint density at radius 2 is 1.53 bits per heavy atom. The van der Waals surface area contributed by atoms with Crippen LogP contribution in [-0.2, 0) is 9.26 Å². The van der Waals surface area contributed by atoms with Crippen molar-refractivity contribution in [1.29, 1.82) is 0 Å². The summed E-state index contributed by atoms with van der Waals surface area (Å²) >= 11 is 0. The van der Waals surface area contributed by atoms with Crippen LogP contribution in [0, 0.1) is 0 Å². The van der Waals surface area contributed by atoms with Gasteiger partial charge in [-0.25, -0.2) is 0 Å². The lowest BCUT2D eigenvalue weighted by molar-refractivity contribution is 0.154. The molecule has 0 aromatic rings. The Kier molecular flexibility index (Phi) is 8.93. The first kappa shape index (κ1) is 16.9. The van der Waals surface area contributed by atoms with Gasteiger partial charge in [0.25, 0.3) is 0 Å². The Hall–Kier alpha value is -0.0500. The number of hydrogen-bond acceptors (Lipinski definition) is 2. The molecule has 3 unspecified atom stereocenters. The highest BCUT2D eigenvalue weighted by Gasteiger charge is 2.12. The zero-order valence-corrected chi connectivity index (χ0v) is 11.1. The molecule has 0 radical (unpaired) electrons. The lowest BCUT2D eigenvalue weighted by Gasteiger charge is -2.11. The van der Waals surface area contributed by atoms with E-state index in [1.165, 1.54) is 0 Å². The van der Waals surface area contributed by atoms with Crippen LogP contribution in [0.4, 0.5) is 26.3 Å². The van der Waals surface area contributed by atoms with Gasteiger partial charge < -0.3 is 9.26 Å². The molecule has 3 atom stereocenters. The monoisotopic (exact) mass is 318 g/mol. The topological polar surface area (TPSA) is 18.5 Å². The lowest BCUT2D eigenvalue weighted by atomic mass is 11.0. The van der Waals surface area contributed by atoms with E-state index >= 15 is 0 Å². The molecule has 0 saturated heterocycles. The fourth-order valence-electron chi connectivity index (χ4n) is 0.495. The minimum absolute atomic E-state index is 0.0991. The van der Waals surface area contributed by atoms with Gasteiger partial charge in [0, 0.05) is 5.90 Å². The van der Waals surface area contributed by atoms with E-state index in [0.29, 0.717) is 0 Å². The molecule has 17 heavy (non-hydrogen) atoms. The normalized spacial score (nSPS) is 12.4. The van der Waals surface area contributed by atoms with Crippen molar-refractivity contribution in [3.05, 3.63) is 24.2 Å². The molecule has 0 aliphatic carbocycles. The fourth-order valence-corrected chi connectivity index (χ4v) is 3.94. The van der Waals surface area contributed by atoms with Crippen molar-refractivity contribution in [2.24, 2.45) is 0 Å². The van der Waals surface area contributed by atoms with E-state index in [0.717, 1.165) is 0 Å². The average Bonchev–Trinajstić information content (AvgIpc) is 2.23. The standard InChI is InChI=1S/C6H7F6O2P3/c7-3(8)5(11)13-1-16-2-17(15)14-6(12)4(9)10/h16H,1-2,15H2. The fraction of sp³-hybridized carbons (Fsp3) is 0.333. The molecule has 0 heterocycles. The number of hydrogen-bond donors (Lipinski definition) is 0. The minimum atomic E-state index is -2.58. The molecule has 0 fully saturated rings. The van der Waals surface area contributed by atoms with Gasteiger partial charge in [0.2, 0.25) is 0 Å². The summed E-state index contributed by atoms with van der Waals surface area (Å²) in [5.41, 5.74) is 0. The third kappa shape index (κ3) is 8.64. The number of halogens is 6. The van der Waals surface area contributed by atoms with Crippen molar-refractivity contribution < 1.29 is 35.6 Å². The van der Waals surface area contributed by atoms with Crippen LogP contribution in [-0.4, -0.2) is 12.3 Å². The second kappa shape index (κ2) is 8.96. The minimum Gasteiger partial charge on any atom is -0.463 e. The van der Waals surface area contributed by atoms with Gasteiger partial charge >= 0.3 is 24.2 Å². The van der Waals surface area contributed by atoms with Crippen LogP contribution < -0.4 is 0 Å². The number of ether oxygens (including phenoxy) is 1. The largest absolute Gasteiger partial charge is 0.463 e. The smallest absolute Gasteiger partial charge is 0.342 e. The molecule has 2 nitrogen and oxygen atoms in total. The Morgan fingerprint density at radius 1 is 1.00 bits per heavy atom. The third-order valence-corrected chi connectivity index (χ3v) is 5.91. The lowest BCUT2D eigenvalue weighted by Crippen LogP contribution is -1.87. The van der Waals surface area contributed by atoms with E-state index in [1.807, 2.05) is 8.93 Å². The molecule has 100 valence electrons. The zero-order chi connectivity index (χ0) is 13.4. The Balaban J connectivity index is 3.77. The van der Waals surface area contributed by atoms with Gasteiger partial charge in [-0.3, -0.25) is 0 Å². The molecule has 11 heteroatoms. The summed E-state index contributed by atoms with van der Waals surface area (Å²) in [4.78, 5) is 0. The van der Waals surface area contributed by atoms with Crippen LogP contribution in [0.1, 0.15) is 0 Å². The van der Waals surface area contributed by atoms with E-state index < -0.39 is 32.0 Å². The van der Waals surface area contributed by atoms with Crippen molar-refractivity contribution in [1.82, 2.24) is 0 Å². The Labute approximate surface area is 98.1 Å². The molecule has 0 aliphatic rings. The summed E-state index contributed by atoms with van der Waals surface area (Å²) in [6.07, 6.45) is -5.51.